The molecule has 8 heteroatoms. The van der Waals surface area contributed by atoms with Crippen LogP contribution < -0.4 is 10.6 Å². The fourth-order valence-electron chi connectivity index (χ4n) is 2.11. The van der Waals surface area contributed by atoms with Crippen molar-refractivity contribution in [1.82, 2.24) is 15.6 Å². The van der Waals surface area contributed by atoms with Crippen LogP contribution in [0, 0.1) is 11.3 Å². The number of nitrogens with zero attached hydrogens (tertiary/aromatic N) is 2. The number of hydrogen-bond acceptors (Lipinski definition) is 6. The molecule has 0 saturated heterocycles. The molecule has 1 heterocycles. The molecule has 26 heavy (non-hydrogen) atoms. The number of carbonyl (C=O) groups excluding carboxylic acids is 2. The summed E-state index contributed by atoms with van der Waals surface area (Å²) in [5.41, 5.74) is -0.544. The first kappa shape index (κ1) is 20.0. The minimum atomic E-state index is -0.788. The number of nitrogens with one attached hydrogen (secondary N) is 2. The van der Waals surface area contributed by atoms with Crippen molar-refractivity contribution in [2.75, 3.05) is 5.75 Å². The smallest absolute Gasteiger partial charge is 0.408 e. The van der Waals surface area contributed by atoms with Crippen LogP contribution in [0.1, 0.15) is 39.3 Å². The maximum absolute atomic E-state index is 12.5. The van der Waals surface area contributed by atoms with Crippen LogP contribution in [-0.4, -0.2) is 39.9 Å². The van der Waals surface area contributed by atoms with Crippen molar-refractivity contribution in [3.8, 4) is 6.07 Å². The molecule has 1 aliphatic rings. The number of aromatic nitrogens is 1. The molecule has 1 atom stereocenters. The van der Waals surface area contributed by atoms with E-state index in [0.29, 0.717) is 24.3 Å². The van der Waals surface area contributed by atoms with Crippen LogP contribution in [0.3, 0.4) is 0 Å². The summed E-state index contributed by atoms with van der Waals surface area (Å²) in [7, 11) is 0. The Morgan fingerprint density at radius 2 is 2.15 bits per heavy atom. The topological polar surface area (TPSA) is 104 Å². The molecule has 0 aliphatic heterocycles. The second-order valence-electron chi connectivity index (χ2n) is 7.22. The molecule has 140 valence electrons. The van der Waals surface area contributed by atoms with Gasteiger partial charge < -0.3 is 15.4 Å². The maximum Gasteiger partial charge on any atom is 0.408 e. The molecular formula is C18H24N4O3S. The molecule has 1 aliphatic carbocycles. The van der Waals surface area contributed by atoms with Gasteiger partial charge in [0.15, 0.2) is 0 Å². The third-order valence-corrected chi connectivity index (χ3v) is 4.66. The number of thioether (sulfide) groups is 1. The Bertz CT molecular complexity index is 678. The predicted molar refractivity (Wildman–Crippen MR) is 99.3 cm³/mol. The van der Waals surface area contributed by atoms with Gasteiger partial charge in [-0.2, -0.15) is 17.0 Å². The van der Waals surface area contributed by atoms with E-state index in [0.717, 1.165) is 5.69 Å². The summed E-state index contributed by atoms with van der Waals surface area (Å²) >= 11 is 1.48. The second kappa shape index (κ2) is 8.41. The van der Waals surface area contributed by atoms with E-state index in [-0.39, 0.29) is 5.91 Å². The summed E-state index contributed by atoms with van der Waals surface area (Å²) in [6.45, 7) is 5.27. The summed E-state index contributed by atoms with van der Waals surface area (Å²) < 4.78 is 5.24. The van der Waals surface area contributed by atoms with Crippen LogP contribution in [-0.2, 0) is 15.3 Å². The summed E-state index contributed by atoms with van der Waals surface area (Å²) in [6, 6.07) is 6.97. The Morgan fingerprint density at radius 3 is 2.69 bits per heavy atom. The Morgan fingerprint density at radius 1 is 1.42 bits per heavy atom. The van der Waals surface area contributed by atoms with Crippen LogP contribution in [0.5, 0.6) is 0 Å². The van der Waals surface area contributed by atoms with Gasteiger partial charge in [-0.05, 0) is 45.7 Å². The Kier molecular flexibility index (Phi) is 6.48. The van der Waals surface area contributed by atoms with E-state index < -0.39 is 23.3 Å². The molecule has 2 rings (SSSR count). The second-order valence-corrected chi connectivity index (χ2v) is 8.25. The summed E-state index contributed by atoms with van der Waals surface area (Å²) in [5, 5.41) is 14.5. The number of pyridine rings is 1. The van der Waals surface area contributed by atoms with Gasteiger partial charge in [-0.3, -0.25) is 9.78 Å². The molecule has 1 saturated carbocycles. The molecule has 1 fully saturated rings. The Hall–Kier alpha value is -2.27. The van der Waals surface area contributed by atoms with Gasteiger partial charge in [-0.15, -0.1) is 0 Å². The van der Waals surface area contributed by atoms with Crippen LogP contribution in [0.2, 0.25) is 0 Å². The van der Waals surface area contributed by atoms with E-state index in [1.807, 2.05) is 18.2 Å². The van der Waals surface area contributed by atoms with Crippen molar-refractivity contribution in [3.63, 3.8) is 0 Å². The lowest BCUT2D eigenvalue weighted by Crippen LogP contribution is -2.52. The highest BCUT2D eigenvalue weighted by atomic mass is 32.2. The molecule has 2 amide bonds. The quantitative estimate of drug-likeness (QED) is 0.757. The third-order valence-electron chi connectivity index (χ3n) is 3.59. The average Bonchev–Trinajstić information content (AvgIpc) is 3.33. The van der Waals surface area contributed by atoms with E-state index in [4.69, 9.17) is 10.00 Å². The highest BCUT2D eigenvalue weighted by molar-refractivity contribution is 7.98. The standard InChI is InChI=1S/C18H24N4O3S/c1-17(2,3)25-16(24)21-14(15(23)22-18(12-19)7-8-18)11-26-10-13-6-4-5-9-20-13/h4-6,9,14H,7-8,10-11H2,1-3H3,(H,21,24)(H,22,23). The zero-order chi connectivity index (χ0) is 19.2. The van der Waals surface area contributed by atoms with Gasteiger partial charge >= 0.3 is 6.09 Å². The maximum atomic E-state index is 12.5. The number of hydrogen-bond donors (Lipinski definition) is 2. The number of rotatable bonds is 7. The van der Waals surface area contributed by atoms with Crippen LogP contribution in [0.15, 0.2) is 24.4 Å². The van der Waals surface area contributed by atoms with E-state index >= 15 is 0 Å². The van der Waals surface area contributed by atoms with E-state index in [2.05, 4.69) is 21.7 Å². The third kappa shape index (κ3) is 6.56. The van der Waals surface area contributed by atoms with E-state index in [1.54, 1.807) is 27.0 Å². The van der Waals surface area contributed by atoms with Gasteiger partial charge in [-0.1, -0.05) is 6.07 Å². The largest absolute Gasteiger partial charge is 0.444 e. The SMILES string of the molecule is CC(C)(C)OC(=O)NC(CSCc1ccccn1)C(=O)NC1(C#N)CC1. The molecule has 2 N–H and O–H groups in total. The fourth-order valence-corrected chi connectivity index (χ4v) is 3.08. The number of carbonyl (C=O) groups is 2. The molecule has 1 aromatic heterocycles. The summed E-state index contributed by atoms with van der Waals surface area (Å²) in [5.74, 6) is 0.594. The molecule has 0 bridgehead atoms. The van der Waals surface area contributed by atoms with Gasteiger partial charge in [0.1, 0.15) is 17.2 Å². The van der Waals surface area contributed by atoms with Gasteiger partial charge in [0.2, 0.25) is 5.91 Å². The van der Waals surface area contributed by atoms with Gasteiger partial charge in [0.25, 0.3) is 0 Å². The first-order valence-corrected chi connectivity index (χ1v) is 9.59. The lowest BCUT2D eigenvalue weighted by atomic mass is 10.2. The minimum Gasteiger partial charge on any atom is -0.444 e. The lowest BCUT2D eigenvalue weighted by Gasteiger charge is -2.24. The zero-order valence-corrected chi connectivity index (χ0v) is 16.1. The van der Waals surface area contributed by atoms with Crippen molar-refractivity contribution < 1.29 is 14.3 Å². The van der Waals surface area contributed by atoms with Crippen molar-refractivity contribution in [2.24, 2.45) is 0 Å². The highest BCUT2D eigenvalue weighted by Gasteiger charge is 2.45. The van der Waals surface area contributed by atoms with Crippen LogP contribution >= 0.6 is 11.8 Å². The first-order chi connectivity index (χ1) is 12.2. The molecule has 0 spiro atoms. The van der Waals surface area contributed by atoms with Gasteiger partial charge in [0.05, 0.1) is 11.8 Å². The first-order valence-electron chi connectivity index (χ1n) is 8.43. The molecule has 0 radical (unpaired) electrons. The lowest BCUT2D eigenvalue weighted by molar-refractivity contribution is -0.123. The van der Waals surface area contributed by atoms with Crippen LogP contribution in [0.25, 0.3) is 0 Å². The van der Waals surface area contributed by atoms with E-state index in [9.17, 15) is 9.59 Å². The normalized spacial score (nSPS) is 16.1. The Labute approximate surface area is 157 Å². The number of ether oxygens (including phenoxy) is 1. The molecular weight excluding hydrogens is 352 g/mol. The average molecular weight is 376 g/mol. The van der Waals surface area contributed by atoms with Gasteiger partial charge in [0, 0.05) is 17.7 Å². The summed E-state index contributed by atoms with van der Waals surface area (Å²) in [6.07, 6.45) is 2.33. The minimum absolute atomic E-state index is 0.350. The zero-order valence-electron chi connectivity index (χ0n) is 15.2. The molecule has 1 unspecified atom stereocenters. The van der Waals surface area contributed by atoms with Crippen molar-refractivity contribution >= 4 is 23.8 Å². The van der Waals surface area contributed by atoms with E-state index in [1.165, 1.54) is 11.8 Å². The van der Waals surface area contributed by atoms with Gasteiger partial charge in [-0.25, -0.2) is 4.79 Å². The van der Waals surface area contributed by atoms with Crippen molar-refractivity contribution in [1.29, 1.82) is 5.26 Å². The summed E-state index contributed by atoms with van der Waals surface area (Å²) in [4.78, 5) is 28.8. The molecule has 7 nitrogen and oxygen atoms in total. The number of nitriles is 1. The fraction of sp³-hybridized carbons (Fsp3) is 0.556. The van der Waals surface area contributed by atoms with Crippen LogP contribution in [0.4, 0.5) is 4.79 Å². The Balaban J connectivity index is 1.94. The number of alkyl carbamates (subject to hydrolysis) is 1. The van der Waals surface area contributed by atoms with Crippen molar-refractivity contribution in [2.45, 2.75) is 56.5 Å². The molecule has 0 aromatic carbocycles. The molecule has 1 aromatic rings. The number of amides is 2. The highest BCUT2D eigenvalue weighted by Crippen LogP contribution is 2.34. The monoisotopic (exact) mass is 376 g/mol. The van der Waals surface area contributed by atoms with Crippen molar-refractivity contribution in [3.05, 3.63) is 30.1 Å². The predicted octanol–water partition coefficient (Wildman–Crippen LogP) is 2.38.